The van der Waals surface area contributed by atoms with E-state index in [0.29, 0.717) is 23.9 Å². The van der Waals surface area contributed by atoms with Crippen LogP contribution in [0.25, 0.3) is 0 Å². The number of hydrogen-bond donors (Lipinski definition) is 2. The summed E-state index contributed by atoms with van der Waals surface area (Å²) in [5.41, 5.74) is 2.90. The van der Waals surface area contributed by atoms with Crippen molar-refractivity contribution in [2.24, 2.45) is 0 Å². The molecule has 0 bridgehead atoms. The molecule has 23 heavy (non-hydrogen) atoms. The van der Waals surface area contributed by atoms with Crippen LogP contribution in [0, 0.1) is 6.92 Å². The summed E-state index contributed by atoms with van der Waals surface area (Å²) in [6.45, 7) is 4.44. The molecule has 0 fully saturated rings. The topological polar surface area (TPSA) is 76.2 Å². The molecule has 0 spiro atoms. The van der Waals surface area contributed by atoms with Crippen LogP contribution >= 0.6 is 11.8 Å². The van der Waals surface area contributed by atoms with Crippen LogP contribution in [0.5, 0.6) is 11.5 Å². The Morgan fingerprint density at radius 3 is 3.00 bits per heavy atom. The van der Waals surface area contributed by atoms with Crippen molar-refractivity contribution in [2.75, 3.05) is 24.8 Å². The van der Waals surface area contributed by atoms with Crippen LogP contribution in [0.3, 0.4) is 0 Å². The Kier molecular flexibility index (Phi) is 4.47. The predicted octanol–water partition coefficient (Wildman–Crippen LogP) is 2.90. The first-order valence-electron chi connectivity index (χ1n) is 7.41. The number of ether oxygens (including phenoxy) is 2. The minimum atomic E-state index is -0.0562. The number of anilines is 1. The SMILES string of the molecule is CCOc1c(OC)cccc1[C@@H]1SCC(=O)Nc2n[nH]c(C)c21. The molecule has 0 unspecified atom stereocenters. The van der Waals surface area contributed by atoms with Crippen molar-refractivity contribution in [2.45, 2.75) is 19.1 Å². The Hall–Kier alpha value is -2.15. The Labute approximate surface area is 138 Å². The number of para-hydroxylation sites is 1. The standard InChI is InChI=1S/C16H19N3O3S/c1-4-22-14-10(6-5-7-11(14)21-3)15-13-9(2)18-19-16(13)17-12(20)8-23-15/h5-7,15H,4,8H2,1-3H3,(H2,17,18,19,20)/t15-/m0/s1. The van der Waals surface area contributed by atoms with E-state index < -0.39 is 0 Å². The molecule has 1 aliphatic heterocycles. The fourth-order valence-electron chi connectivity index (χ4n) is 2.71. The molecular formula is C16H19N3O3S. The molecular weight excluding hydrogens is 314 g/mol. The van der Waals surface area contributed by atoms with Gasteiger partial charge >= 0.3 is 0 Å². The summed E-state index contributed by atoms with van der Waals surface area (Å²) < 4.78 is 11.3. The van der Waals surface area contributed by atoms with Crippen molar-refractivity contribution in [1.82, 2.24) is 10.2 Å². The first-order chi connectivity index (χ1) is 11.2. The number of aromatic nitrogens is 2. The van der Waals surface area contributed by atoms with E-state index in [1.807, 2.05) is 32.0 Å². The molecule has 122 valence electrons. The zero-order valence-electron chi connectivity index (χ0n) is 13.3. The number of carbonyl (C=O) groups is 1. The van der Waals surface area contributed by atoms with Gasteiger partial charge in [0.05, 0.1) is 24.7 Å². The quantitative estimate of drug-likeness (QED) is 0.900. The van der Waals surface area contributed by atoms with Gasteiger partial charge in [-0.05, 0) is 19.9 Å². The zero-order valence-corrected chi connectivity index (χ0v) is 14.1. The van der Waals surface area contributed by atoms with E-state index in [2.05, 4.69) is 15.5 Å². The molecule has 2 N–H and O–H groups in total. The maximum atomic E-state index is 11.9. The number of methoxy groups -OCH3 is 1. The maximum absolute atomic E-state index is 11.9. The highest BCUT2D eigenvalue weighted by atomic mass is 32.2. The molecule has 7 heteroatoms. The van der Waals surface area contributed by atoms with Crippen LogP contribution < -0.4 is 14.8 Å². The first kappa shape index (κ1) is 15.7. The minimum Gasteiger partial charge on any atom is -0.493 e. The van der Waals surface area contributed by atoms with E-state index in [4.69, 9.17) is 9.47 Å². The summed E-state index contributed by atoms with van der Waals surface area (Å²) in [5.74, 6) is 2.31. The van der Waals surface area contributed by atoms with Gasteiger partial charge in [0.2, 0.25) is 5.91 Å². The van der Waals surface area contributed by atoms with E-state index in [1.54, 1.807) is 18.9 Å². The molecule has 2 heterocycles. The van der Waals surface area contributed by atoms with E-state index in [0.717, 1.165) is 22.6 Å². The van der Waals surface area contributed by atoms with Crippen LogP contribution in [0.1, 0.15) is 29.0 Å². The molecule has 6 nitrogen and oxygen atoms in total. The van der Waals surface area contributed by atoms with E-state index >= 15 is 0 Å². The Morgan fingerprint density at radius 2 is 2.26 bits per heavy atom. The summed E-state index contributed by atoms with van der Waals surface area (Å²) in [7, 11) is 1.63. The lowest BCUT2D eigenvalue weighted by Gasteiger charge is -2.20. The smallest absolute Gasteiger partial charge is 0.235 e. The zero-order chi connectivity index (χ0) is 16.4. The second-order valence-corrected chi connectivity index (χ2v) is 6.26. The summed E-state index contributed by atoms with van der Waals surface area (Å²) >= 11 is 1.56. The number of amides is 1. The van der Waals surface area contributed by atoms with Gasteiger partial charge in [-0.3, -0.25) is 9.89 Å². The lowest BCUT2D eigenvalue weighted by atomic mass is 10.0. The monoisotopic (exact) mass is 333 g/mol. The largest absolute Gasteiger partial charge is 0.493 e. The van der Waals surface area contributed by atoms with Crippen molar-refractivity contribution >= 4 is 23.5 Å². The summed E-state index contributed by atoms with van der Waals surface area (Å²) in [6.07, 6.45) is 0. The Balaban J connectivity index is 2.14. The third-order valence-electron chi connectivity index (χ3n) is 3.70. The van der Waals surface area contributed by atoms with E-state index in [1.165, 1.54) is 0 Å². The van der Waals surface area contributed by atoms with Gasteiger partial charge < -0.3 is 14.8 Å². The number of nitrogens with zero attached hydrogens (tertiary/aromatic N) is 1. The summed E-state index contributed by atoms with van der Waals surface area (Å²) in [4.78, 5) is 11.9. The highest BCUT2D eigenvalue weighted by molar-refractivity contribution is 8.00. The molecule has 3 rings (SSSR count). The fraction of sp³-hybridized carbons (Fsp3) is 0.375. The third-order valence-corrected chi connectivity index (χ3v) is 4.95. The fourth-order valence-corrected chi connectivity index (χ4v) is 3.92. The normalized spacial score (nSPS) is 17.2. The number of aryl methyl sites for hydroxylation is 1. The number of nitrogens with one attached hydrogen (secondary N) is 2. The van der Waals surface area contributed by atoms with E-state index in [-0.39, 0.29) is 11.2 Å². The first-order valence-corrected chi connectivity index (χ1v) is 8.46. The van der Waals surface area contributed by atoms with Crippen LogP contribution in [-0.4, -0.2) is 35.6 Å². The third kappa shape index (κ3) is 2.88. The van der Waals surface area contributed by atoms with Gasteiger partial charge in [-0.2, -0.15) is 5.10 Å². The van der Waals surface area contributed by atoms with Gasteiger partial charge in [0, 0.05) is 16.8 Å². The molecule has 1 aliphatic rings. The number of benzene rings is 1. The maximum Gasteiger partial charge on any atom is 0.235 e. The second-order valence-electron chi connectivity index (χ2n) is 5.16. The molecule has 0 radical (unpaired) electrons. The highest BCUT2D eigenvalue weighted by Gasteiger charge is 2.31. The number of thioether (sulfide) groups is 1. The lowest BCUT2D eigenvalue weighted by Crippen LogP contribution is -2.12. The molecule has 0 aliphatic carbocycles. The number of rotatable bonds is 4. The Morgan fingerprint density at radius 1 is 1.43 bits per heavy atom. The van der Waals surface area contributed by atoms with Gasteiger partial charge in [-0.25, -0.2) is 0 Å². The van der Waals surface area contributed by atoms with Gasteiger partial charge in [0.15, 0.2) is 17.3 Å². The van der Waals surface area contributed by atoms with Crippen LogP contribution in [-0.2, 0) is 4.79 Å². The van der Waals surface area contributed by atoms with Crippen molar-refractivity contribution in [3.05, 3.63) is 35.0 Å². The minimum absolute atomic E-state index is 0.0499. The van der Waals surface area contributed by atoms with Crippen LogP contribution in [0.15, 0.2) is 18.2 Å². The summed E-state index contributed by atoms with van der Waals surface area (Å²) in [5, 5.41) is 9.97. The Bertz CT molecular complexity index is 729. The second kappa shape index (κ2) is 6.54. The number of fused-ring (bicyclic) bond motifs is 1. The number of aromatic amines is 1. The van der Waals surface area contributed by atoms with Crippen molar-refractivity contribution in [3.63, 3.8) is 0 Å². The number of carbonyl (C=O) groups excluding carboxylic acids is 1. The van der Waals surface area contributed by atoms with Crippen LogP contribution in [0.4, 0.5) is 5.82 Å². The molecule has 0 saturated heterocycles. The van der Waals surface area contributed by atoms with E-state index in [9.17, 15) is 4.79 Å². The van der Waals surface area contributed by atoms with Crippen molar-refractivity contribution in [3.8, 4) is 11.5 Å². The van der Waals surface area contributed by atoms with Crippen LogP contribution in [0.2, 0.25) is 0 Å². The van der Waals surface area contributed by atoms with Crippen molar-refractivity contribution in [1.29, 1.82) is 0 Å². The van der Waals surface area contributed by atoms with Gasteiger partial charge in [-0.1, -0.05) is 12.1 Å². The molecule has 2 aromatic rings. The molecule has 0 saturated carbocycles. The average Bonchev–Trinajstić information content (AvgIpc) is 2.80. The highest BCUT2D eigenvalue weighted by Crippen LogP contribution is 2.47. The average molecular weight is 333 g/mol. The van der Waals surface area contributed by atoms with Gasteiger partial charge in [-0.15, -0.1) is 11.8 Å². The molecule has 1 aromatic heterocycles. The lowest BCUT2D eigenvalue weighted by molar-refractivity contribution is -0.113. The van der Waals surface area contributed by atoms with Crippen molar-refractivity contribution < 1.29 is 14.3 Å². The van der Waals surface area contributed by atoms with Gasteiger partial charge in [0.1, 0.15) is 0 Å². The number of hydrogen-bond acceptors (Lipinski definition) is 5. The van der Waals surface area contributed by atoms with Gasteiger partial charge in [0.25, 0.3) is 0 Å². The predicted molar refractivity (Wildman–Crippen MR) is 90.4 cm³/mol. The molecule has 1 aromatic carbocycles. The molecule has 1 atom stereocenters. The molecule has 1 amide bonds. The number of H-pyrrole nitrogens is 1. The summed E-state index contributed by atoms with van der Waals surface area (Å²) in [6, 6.07) is 5.83.